The van der Waals surface area contributed by atoms with Crippen LogP contribution < -0.4 is 9.47 Å². The van der Waals surface area contributed by atoms with Crippen molar-refractivity contribution in [2.45, 2.75) is 4.90 Å². The van der Waals surface area contributed by atoms with Crippen molar-refractivity contribution in [2.75, 3.05) is 13.0 Å². The molecule has 0 saturated carbocycles. The van der Waals surface area contributed by atoms with Crippen molar-refractivity contribution in [3.63, 3.8) is 0 Å². The predicted octanol–water partition coefficient (Wildman–Crippen LogP) is 2.14. The third kappa shape index (κ3) is 1.16. The van der Waals surface area contributed by atoms with Gasteiger partial charge in [-0.1, -0.05) is 11.8 Å². The van der Waals surface area contributed by atoms with Crippen molar-refractivity contribution >= 4 is 11.8 Å². The first-order chi connectivity index (χ1) is 5.81. The Morgan fingerprint density at radius 3 is 3.55 bits per heavy atom. The maximum atomic E-state index is 7.53. The molecule has 0 spiro atoms. The topological polar surface area (TPSA) is 18.5 Å². The summed E-state index contributed by atoms with van der Waals surface area (Å²) in [5, 5.41) is 0. The van der Waals surface area contributed by atoms with Gasteiger partial charge in [-0.2, -0.15) is 0 Å². The second-order valence-corrected chi connectivity index (χ2v) is 3.10. The Bertz CT molecular complexity index is 313. The van der Waals surface area contributed by atoms with Gasteiger partial charge in [0.1, 0.15) is 17.4 Å². The summed E-state index contributed by atoms with van der Waals surface area (Å²) in [6.45, 7) is 0. The summed E-state index contributed by atoms with van der Waals surface area (Å²) >= 11 is 1.62. The van der Waals surface area contributed by atoms with E-state index in [1.165, 1.54) is 0 Å². The average Bonchev–Trinajstić information content (AvgIpc) is 2.49. The van der Waals surface area contributed by atoms with Gasteiger partial charge in [0.15, 0.2) is 0 Å². The van der Waals surface area contributed by atoms with Gasteiger partial charge in [-0.25, -0.2) is 0 Å². The number of hydrogen-bond donors (Lipinski definition) is 0. The Balaban J connectivity index is 2.49. The quantitative estimate of drug-likeness (QED) is 0.641. The Morgan fingerprint density at radius 2 is 2.73 bits per heavy atom. The summed E-state index contributed by atoms with van der Waals surface area (Å²) < 4.78 is 17.8. The van der Waals surface area contributed by atoms with Gasteiger partial charge in [-0.3, -0.25) is 0 Å². The number of fused-ring (bicyclic) bond motifs is 1. The van der Waals surface area contributed by atoms with E-state index in [1.54, 1.807) is 24.9 Å². The molecule has 11 heavy (non-hydrogen) atoms. The standard InChI is InChI=1S/C8H8O2S/c1-9-6-2-3-7-8(4-6)11-5-10-7/h2-4H,5H2,1H3/i2D. The molecule has 3 heteroatoms. The Kier molecular flexibility index (Phi) is 1.40. The first kappa shape index (κ1) is 5.77. The molecule has 1 aliphatic rings. The van der Waals surface area contributed by atoms with Crippen molar-refractivity contribution < 1.29 is 10.8 Å². The lowest BCUT2D eigenvalue weighted by Crippen LogP contribution is -1.83. The normalized spacial score (nSPS) is 15.2. The first-order valence-corrected chi connectivity index (χ1v) is 4.24. The van der Waals surface area contributed by atoms with Crippen LogP contribution in [0.4, 0.5) is 0 Å². The Labute approximate surface area is 70.9 Å². The number of hydrogen-bond acceptors (Lipinski definition) is 3. The molecular formula is C8H8O2S. The lowest BCUT2D eigenvalue weighted by atomic mass is 10.3. The first-order valence-electron chi connectivity index (χ1n) is 3.75. The highest BCUT2D eigenvalue weighted by molar-refractivity contribution is 7.99. The number of methoxy groups -OCH3 is 1. The molecule has 58 valence electrons. The highest BCUT2D eigenvalue weighted by atomic mass is 32.2. The molecule has 2 nitrogen and oxygen atoms in total. The van der Waals surface area contributed by atoms with E-state index in [-0.39, 0.29) is 0 Å². The molecule has 0 saturated heterocycles. The smallest absolute Gasteiger partial charge is 0.138 e. The van der Waals surface area contributed by atoms with Gasteiger partial charge in [-0.05, 0) is 18.2 Å². The molecule has 1 aromatic rings. The number of ether oxygens (including phenoxy) is 2. The molecule has 1 heterocycles. The fourth-order valence-electron chi connectivity index (χ4n) is 0.940. The second kappa shape index (κ2) is 2.66. The Morgan fingerprint density at radius 1 is 1.82 bits per heavy atom. The van der Waals surface area contributed by atoms with Crippen molar-refractivity contribution in [3.05, 3.63) is 18.2 Å². The fraction of sp³-hybridized carbons (Fsp3) is 0.250. The molecule has 0 unspecified atom stereocenters. The zero-order valence-electron chi connectivity index (χ0n) is 7.09. The minimum absolute atomic E-state index is 0.374. The van der Waals surface area contributed by atoms with E-state index in [0.717, 1.165) is 10.6 Å². The highest BCUT2D eigenvalue weighted by Gasteiger charge is 2.12. The van der Waals surface area contributed by atoms with E-state index < -0.39 is 0 Å². The van der Waals surface area contributed by atoms with Crippen LogP contribution in [0, 0.1) is 0 Å². The number of benzene rings is 1. The summed E-state index contributed by atoms with van der Waals surface area (Å²) in [7, 11) is 1.57. The van der Waals surface area contributed by atoms with Crippen molar-refractivity contribution in [3.8, 4) is 11.5 Å². The summed E-state index contributed by atoms with van der Waals surface area (Å²) in [5.74, 6) is 2.04. The van der Waals surface area contributed by atoms with E-state index in [0.29, 0.717) is 17.7 Å². The molecule has 0 atom stereocenters. The second-order valence-electron chi connectivity index (χ2n) is 2.14. The summed E-state index contributed by atoms with van der Waals surface area (Å²) in [6.07, 6.45) is 0. The number of thioether (sulfide) groups is 1. The molecule has 1 aromatic carbocycles. The van der Waals surface area contributed by atoms with Gasteiger partial charge in [0.2, 0.25) is 0 Å². The molecule has 0 bridgehead atoms. The third-order valence-corrected chi connectivity index (χ3v) is 2.37. The van der Waals surface area contributed by atoms with E-state index >= 15 is 0 Å². The molecule has 0 amide bonds. The van der Waals surface area contributed by atoms with Crippen LogP contribution in [0.3, 0.4) is 0 Å². The van der Waals surface area contributed by atoms with Gasteiger partial charge in [0.25, 0.3) is 0 Å². The molecule has 0 aromatic heterocycles. The maximum Gasteiger partial charge on any atom is 0.138 e. The SMILES string of the molecule is [2H]c1cc2c(cc1OC)SCO2. The fourth-order valence-corrected chi connectivity index (χ4v) is 1.70. The summed E-state index contributed by atoms with van der Waals surface area (Å²) in [4.78, 5) is 1.06. The van der Waals surface area contributed by atoms with Crippen molar-refractivity contribution in [1.29, 1.82) is 0 Å². The van der Waals surface area contributed by atoms with Gasteiger partial charge in [0.05, 0.1) is 13.4 Å². The van der Waals surface area contributed by atoms with Crippen LogP contribution in [0.15, 0.2) is 23.1 Å². The largest absolute Gasteiger partial charge is 0.497 e. The molecule has 1 aliphatic heterocycles. The molecule has 0 N–H and O–H groups in total. The van der Waals surface area contributed by atoms with Crippen LogP contribution in [-0.2, 0) is 0 Å². The highest BCUT2D eigenvalue weighted by Crippen LogP contribution is 2.38. The van der Waals surface area contributed by atoms with Crippen LogP contribution in [0.25, 0.3) is 0 Å². The zero-order valence-corrected chi connectivity index (χ0v) is 6.90. The Hall–Kier alpha value is -0.830. The molecule has 0 radical (unpaired) electrons. The molecular weight excluding hydrogens is 160 g/mol. The van der Waals surface area contributed by atoms with Crippen LogP contribution >= 0.6 is 11.8 Å². The van der Waals surface area contributed by atoms with Crippen LogP contribution in [-0.4, -0.2) is 13.0 Å². The maximum absolute atomic E-state index is 7.53. The molecule has 2 rings (SSSR count). The average molecular weight is 169 g/mol. The lowest BCUT2D eigenvalue weighted by molar-refractivity contribution is 0.391. The van der Waals surface area contributed by atoms with Gasteiger partial charge < -0.3 is 9.47 Å². The van der Waals surface area contributed by atoms with Gasteiger partial charge in [0, 0.05) is 0 Å². The van der Waals surface area contributed by atoms with E-state index in [4.69, 9.17) is 10.8 Å². The van der Waals surface area contributed by atoms with E-state index in [9.17, 15) is 0 Å². The van der Waals surface area contributed by atoms with Crippen LogP contribution in [0.2, 0.25) is 0 Å². The van der Waals surface area contributed by atoms with Gasteiger partial charge in [-0.15, -0.1) is 0 Å². The molecule has 0 fully saturated rings. The third-order valence-electron chi connectivity index (χ3n) is 1.50. The van der Waals surface area contributed by atoms with Gasteiger partial charge >= 0.3 is 0 Å². The summed E-state index contributed by atoms with van der Waals surface area (Å²) in [5.41, 5.74) is 0. The lowest BCUT2D eigenvalue weighted by Gasteiger charge is -2.00. The zero-order chi connectivity index (χ0) is 8.55. The minimum atomic E-state index is 0.374. The van der Waals surface area contributed by atoms with Crippen molar-refractivity contribution in [2.24, 2.45) is 0 Å². The van der Waals surface area contributed by atoms with Crippen molar-refractivity contribution in [1.82, 2.24) is 0 Å². The number of rotatable bonds is 1. The van der Waals surface area contributed by atoms with Crippen LogP contribution in [0.1, 0.15) is 1.37 Å². The van der Waals surface area contributed by atoms with E-state index in [2.05, 4.69) is 0 Å². The molecule has 0 aliphatic carbocycles. The van der Waals surface area contributed by atoms with Crippen LogP contribution in [0.5, 0.6) is 11.5 Å². The minimum Gasteiger partial charge on any atom is -0.497 e. The van der Waals surface area contributed by atoms with E-state index in [1.807, 2.05) is 6.07 Å². The predicted molar refractivity (Wildman–Crippen MR) is 44.3 cm³/mol. The monoisotopic (exact) mass is 169 g/mol. The summed E-state index contributed by atoms with van der Waals surface area (Å²) in [6, 6.07) is 3.91.